The first-order valence-corrected chi connectivity index (χ1v) is 14.1. The number of ether oxygens (including phenoxy) is 1. The zero-order valence-corrected chi connectivity index (χ0v) is 23.8. The van der Waals surface area contributed by atoms with E-state index in [9.17, 15) is 9.59 Å². The number of nitrogens with one attached hydrogen (secondary N) is 1. The number of amides is 2. The van der Waals surface area contributed by atoms with Crippen molar-refractivity contribution in [3.05, 3.63) is 71.6 Å². The van der Waals surface area contributed by atoms with Gasteiger partial charge in [-0.05, 0) is 54.3 Å². The van der Waals surface area contributed by atoms with Gasteiger partial charge >= 0.3 is 0 Å². The lowest BCUT2D eigenvalue weighted by atomic mass is 10.0. The molecule has 1 aromatic carbocycles. The number of H-pyrrole nitrogens is 1. The number of carbonyl (C=O) groups is 2. The Morgan fingerprint density at radius 1 is 1.05 bits per heavy atom. The second kappa shape index (κ2) is 11.3. The minimum absolute atomic E-state index is 0.167. The Kier molecular flexibility index (Phi) is 7.40. The number of nitrogens with zero attached hydrogens (tertiary/aromatic N) is 6. The monoisotopic (exact) mass is 553 g/mol. The van der Waals surface area contributed by atoms with Gasteiger partial charge in [0, 0.05) is 76.6 Å². The molecule has 0 bridgehead atoms. The minimum atomic E-state index is -0.167. The molecule has 2 amide bonds. The van der Waals surface area contributed by atoms with E-state index >= 15 is 0 Å². The maximum Gasteiger partial charge on any atom is 0.271 e. The van der Waals surface area contributed by atoms with Gasteiger partial charge in [-0.3, -0.25) is 19.5 Å². The molecule has 0 radical (unpaired) electrons. The molecule has 1 saturated heterocycles. The van der Waals surface area contributed by atoms with Crippen LogP contribution >= 0.6 is 0 Å². The van der Waals surface area contributed by atoms with Crippen LogP contribution in [0, 0.1) is 5.92 Å². The number of fused-ring (bicyclic) bond motifs is 1. The summed E-state index contributed by atoms with van der Waals surface area (Å²) in [7, 11) is 5.01. The normalized spacial score (nSPS) is 15.7. The van der Waals surface area contributed by atoms with Crippen LogP contribution in [-0.4, -0.2) is 93.8 Å². The van der Waals surface area contributed by atoms with Crippen LogP contribution in [0.2, 0.25) is 0 Å². The quantitative estimate of drug-likeness (QED) is 0.357. The first-order valence-electron chi connectivity index (χ1n) is 14.1. The predicted octanol–water partition coefficient (Wildman–Crippen LogP) is 3.38. The van der Waals surface area contributed by atoms with Crippen LogP contribution in [0.1, 0.15) is 40.4 Å². The number of piperazine rings is 1. The Hall–Kier alpha value is -4.31. The van der Waals surface area contributed by atoms with Crippen LogP contribution < -0.4 is 4.74 Å². The third kappa shape index (κ3) is 5.92. The van der Waals surface area contributed by atoms with E-state index in [4.69, 9.17) is 9.72 Å². The first kappa shape index (κ1) is 26.9. The fourth-order valence-electron chi connectivity index (χ4n) is 5.36. The summed E-state index contributed by atoms with van der Waals surface area (Å²) < 4.78 is 5.54. The molecule has 2 fully saturated rings. The molecule has 1 saturated carbocycles. The van der Waals surface area contributed by atoms with Crippen molar-refractivity contribution in [3.8, 4) is 16.9 Å². The summed E-state index contributed by atoms with van der Waals surface area (Å²) in [6, 6.07) is 11.9. The highest BCUT2D eigenvalue weighted by atomic mass is 16.5. The van der Waals surface area contributed by atoms with Gasteiger partial charge in [-0.1, -0.05) is 6.07 Å². The largest absolute Gasteiger partial charge is 0.494 e. The van der Waals surface area contributed by atoms with Crippen molar-refractivity contribution in [2.24, 2.45) is 5.92 Å². The van der Waals surface area contributed by atoms with Gasteiger partial charge in [0.05, 0.1) is 24.3 Å². The van der Waals surface area contributed by atoms with Crippen LogP contribution in [0.3, 0.4) is 0 Å². The summed E-state index contributed by atoms with van der Waals surface area (Å²) in [5, 5.41) is 0. The van der Waals surface area contributed by atoms with E-state index in [1.54, 1.807) is 33.5 Å². The van der Waals surface area contributed by atoms with Crippen LogP contribution in [0.15, 0.2) is 48.8 Å². The van der Waals surface area contributed by atoms with Gasteiger partial charge in [-0.15, -0.1) is 0 Å². The molecule has 2 aliphatic rings. The number of hydrogen-bond donors (Lipinski definition) is 1. The number of pyridine rings is 2. The molecule has 212 valence electrons. The maximum atomic E-state index is 12.5. The number of imidazole rings is 1. The molecule has 0 unspecified atom stereocenters. The third-order valence-electron chi connectivity index (χ3n) is 7.80. The maximum absolute atomic E-state index is 12.5. The van der Waals surface area contributed by atoms with Crippen molar-refractivity contribution < 1.29 is 14.3 Å². The molecule has 0 spiro atoms. The van der Waals surface area contributed by atoms with Crippen LogP contribution in [-0.2, 0) is 17.8 Å². The fraction of sp³-hybridized carbons (Fsp3) is 0.387. The summed E-state index contributed by atoms with van der Waals surface area (Å²) in [5.74, 6) is 1.90. The predicted molar refractivity (Wildman–Crippen MR) is 156 cm³/mol. The Bertz CT molecular complexity index is 1590. The molecular formula is C31H35N7O3. The molecule has 1 aliphatic carbocycles. The number of aromatic nitrogens is 4. The lowest BCUT2D eigenvalue weighted by Crippen LogP contribution is -2.48. The summed E-state index contributed by atoms with van der Waals surface area (Å²) in [4.78, 5) is 47.9. The molecule has 1 N–H and O–H groups in total. The molecule has 41 heavy (non-hydrogen) atoms. The van der Waals surface area contributed by atoms with Crippen molar-refractivity contribution >= 4 is 22.8 Å². The highest BCUT2D eigenvalue weighted by Crippen LogP contribution is 2.33. The molecule has 0 atom stereocenters. The summed E-state index contributed by atoms with van der Waals surface area (Å²) in [6.07, 6.45) is 6.15. The Morgan fingerprint density at radius 2 is 1.85 bits per heavy atom. The number of carbonyl (C=O) groups excluding carboxylic acids is 2. The average molecular weight is 554 g/mol. The summed E-state index contributed by atoms with van der Waals surface area (Å²) in [6.45, 7) is 4.26. The number of hydrogen-bond acceptors (Lipinski definition) is 7. The van der Waals surface area contributed by atoms with Gasteiger partial charge in [0.2, 0.25) is 5.91 Å². The minimum Gasteiger partial charge on any atom is -0.494 e. The van der Waals surface area contributed by atoms with Crippen molar-refractivity contribution in [1.29, 1.82) is 0 Å². The topological polar surface area (TPSA) is 108 Å². The van der Waals surface area contributed by atoms with Crippen LogP contribution in [0.5, 0.6) is 5.75 Å². The Labute approximate surface area is 239 Å². The second-order valence-electron chi connectivity index (χ2n) is 11.1. The zero-order valence-electron chi connectivity index (χ0n) is 23.8. The van der Waals surface area contributed by atoms with Gasteiger partial charge in [0.1, 0.15) is 17.3 Å². The smallest absolute Gasteiger partial charge is 0.271 e. The molecule has 4 heterocycles. The van der Waals surface area contributed by atoms with Crippen LogP contribution in [0.4, 0.5) is 0 Å². The van der Waals surface area contributed by atoms with Crippen LogP contribution in [0.25, 0.3) is 22.2 Å². The van der Waals surface area contributed by atoms with Crippen molar-refractivity contribution in [1.82, 2.24) is 34.6 Å². The number of aromatic amines is 1. The Balaban J connectivity index is 1.15. The van der Waals surface area contributed by atoms with E-state index < -0.39 is 0 Å². The van der Waals surface area contributed by atoms with Crippen molar-refractivity contribution in [3.63, 3.8) is 0 Å². The number of benzene rings is 1. The first-order chi connectivity index (χ1) is 19.9. The van der Waals surface area contributed by atoms with Gasteiger partial charge in [0.25, 0.3) is 5.91 Å². The Morgan fingerprint density at radius 3 is 2.59 bits per heavy atom. The SMILES string of the molecule is COc1cnc(C(=O)N(C)C)cc1-c1ccc2nc(Cc3cc(CN4CCN(C(=O)C5CC5)CC4)ccn3)[nH]c2c1. The third-order valence-corrected chi connectivity index (χ3v) is 7.80. The van der Waals surface area contributed by atoms with Gasteiger partial charge in [-0.2, -0.15) is 0 Å². The van der Waals surface area contributed by atoms with Crippen molar-refractivity contribution in [2.75, 3.05) is 47.4 Å². The number of rotatable bonds is 8. The summed E-state index contributed by atoms with van der Waals surface area (Å²) in [5.41, 5.74) is 5.96. The van der Waals surface area contributed by atoms with Crippen molar-refractivity contribution in [2.45, 2.75) is 25.8 Å². The molecule has 3 aromatic heterocycles. The molecule has 4 aromatic rings. The van der Waals surface area contributed by atoms with Gasteiger partial charge < -0.3 is 19.5 Å². The highest BCUT2D eigenvalue weighted by Gasteiger charge is 2.34. The number of methoxy groups -OCH3 is 1. The fourth-order valence-corrected chi connectivity index (χ4v) is 5.36. The average Bonchev–Trinajstić information content (AvgIpc) is 3.76. The summed E-state index contributed by atoms with van der Waals surface area (Å²) >= 11 is 0. The van der Waals surface area contributed by atoms with Gasteiger partial charge in [-0.25, -0.2) is 9.97 Å². The van der Waals surface area contributed by atoms with E-state index in [1.165, 1.54) is 10.5 Å². The second-order valence-corrected chi connectivity index (χ2v) is 11.1. The molecular weight excluding hydrogens is 518 g/mol. The highest BCUT2D eigenvalue weighted by molar-refractivity contribution is 5.94. The van der Waals surface area contributed by atoms with E-state index in [-0.39, 0.29) is 5.91 Å². The van der Waals surface area contributed by atoms with E-state index in [0.29, 0.717) is 29.7 Å². The zero-order chi connectivity index (χ0) is 28.5. The molecule has 6 rings (SSSR count). The molecule has 1 aliphatic heterocycles. The molecule has 10 nitrogen and oxygen atoms in total. The van der Waals surface area contributed by atoms with Gasteiger partial charge in [0.15, 0.2) is 0 Å². The standard InChI is InChI=1S/C31H35N7O3/c1-36(2)31(40)27-17-24(28(41-3)18-33-27)22-6-7-25-26(15-22)35-29(34-25)16-23-14-20(8-9-32-23)19-37-10-12-38(13-11-37)30(39)21-4-5-21/h6-9,14-15,17-18,21H,4-5,10-13,16,19H2,1-3H3,(H,34,35). The molecule has 10 heteroatoms. The van der Waals surface area contributed by atoms with E-state index in [2.05, 4.69) is 32.0 Å². The van der Waals surface area contributed by atoms with E-state index in [0.717, 1.165) is 79.2 Å². The lowest BCUT2D eigenvalue weighted by molar-refractivity contribution is -0.134. The van der Waals surface area contributed by atoms with E-state index in [1.807, 2.05) is 29.3 Å². The lowest BCUT2D eigenvalue weighted by Gasteiger charge is -2.35.